The molecule has 1 aliphatic rings. The highest BCUT2D eigenvalue weighted by molar-refractivity contribution is 7.65. The van der Waals surface area contributed by atoms with Crippen LogP contribution in [-0.4, -0.2) is 6.00 Å². The van der Waals surface area contributed by atoms with Crippen LogP contribution < -0.4 is 0 Å². The Hall–Kier alpha value is 0.827. The summed E-state index contributed by atoms with van der Waals surface area (Å²) in [6.45, 7) is 0. The lowest BCUT2D eigenvalue weighted by atomic mass is 10.1. The van der Waals surface area contributed by atoms with Gasteiger partial charge in [0, 0.05) is 0 Å². The highest BCUT2D eigenvalue weighted by Gasteiger charge is 2.35. The van der Waals surface area contributed by atoms with Gasteiger partial charge >= 0.3 is 6.00 Å². The quantitative estimate of drug-likeness (QED) is 0.361. The fraction of sp³-hybridized carbons (Fsp3) is 0.750. The molecule has 0 saturated heterocycles. The maximum absolute atomic E-state index is 5.98. The Bertz CT molecular complexity index is 162. The Balaban J connectivity index is 2.48. The summed E-state index contributed by atoms with van der Waals surface area (Å²) < 4.78 is 0. The first-order valence-corrected chi connectivity index (χ1v) is 9.43. The number of rotatable bonds is 1. The second-order valence-electron chi connectivity index (χ2n) is 3.22. The van der Waals surface area contributed by atoms with Gasteiger partial charge in [0.2, 0.25) is 0 Å². The normalized spacial score (nSPS) is 26.4. The van der Waals surface area contributed by atoms with Crippen molar-refractivity contribution in [2.75, 3.05) is 0 Å². The first kappa shape index (κ1) is 10.9. The maximum atomic E-state index is 5.98. The maximum Gasteiger partial charge on any atom is 0.344 e. The molecule has 1 unspecified atom stereocenters. The van der Waals surface area contributed by atoms with Crippen molar-refractivity contribution in [1.29, 1.82) is 0 Å². The molecular formula is C8H13Cl3Si. The largest absolute Gasteiger partial charge is 0.344 e. The van der Waals surface area contributed by atoms with Crippen LogP contribution >= 0.6 is 33.2 Å². The van der Waals surface area contributed by atoms with Gasteiger partial charge in [-0.1, -0.05) is 12.2 Å². The van der Waals surface area contributed by atoms with Gasteiger partial charge in [0.05, 0.1) is 0 Å². The second-order valence-corrected chi connectivity index (χ2v) is 12.2. The lowest BCUT2D eigenvalue weighted by molar-refractivity contribution is 0.631. The topological polar surface area (TPSA) is 0 Å². The molecule has 0 spiro atoms. The van der Waals surface area contributed by atoms with E-state index in [1.807, 2.05) is 0 Å². The van der Waals surface area contributed by atoms with E-state index in [-0.39, 0.29) is 0 Å². The van der Waals surface area contributed by atoms with Gasteiger partial charge < -0.3 is 0 Å². The summed E-state index contributed by atoms with van der Waals surface area (Å²) in [6, 6.07) is -2.43. The predicted molar refractivity (Wildman–Crippen MR) is 59.3 cm³/mol. The molecule has 1 aliphatic carbocycles. The van der Waals surface area contributed by atoms with Crippen LogP contribution in [0.15, 0.2) is 12.2 Å². The Kier molecular flexibility index (Phi) is 4.45. The highest BCUT2D eigenvalue weighted by Crippen LogP contribution is 2.41. The van der Waals surface area contributed by atoms with Gasteiger partial charge in [-0.25, -0.2) is 0 Å². The first-order valence-electron chi connectivity index (χ1n) is 4.32. The molecule has 70 valence electrons. The van der Waals surface area contributed by atoms with Gasteiger partial charge in [-0.15, -0.1) is 33.2 Å². The summed E-state index contributed by atoms with van der Waals surface area (Å²) >= 11 is 18.0. The molecule has 0 saturated carbocycles. The summed E-state index contributed by atoms with van der Waals surface area (Å²) in [4.78, 5) is 0. The Labute approximate surface area is 89.0 Å². The average molecular weight is 244 g/mol. The molecule has 0 radical (unpaired) electrons. The van der Waals surface area contributed by atoms with Crippen molar-refractivity contribution in [3.63, 3.8) is 0 Å². The van der Waals surface area contributed by atoms with Crippen molar-refractivity contribution >= 4 is 39.2 Å². The van der Waals surface area contributed by atoms with Crippen molar-refractivity contribution in [3.8, 4) is 0 Å². The number of halogens is 3. The van der Waals surface area contributed by atoms with E-state index < -0.39 is 6.00 Å². The molecule has 0 aromatic rings. The van der Waals surface area contributed by atoms with Crippen molar-refractivity contribution in [2.45, 2.75) is 37.6 Å². The molecule has 0 amide bonds. The van der Waals surface area contributed by atoms with E-state index in [0.717, 1.165) is 25.7 Å². The average Bonchev–Trinajstić information content (AvgIpc) is 1.81. The smallest absolute Gasteiger partial charge is 0.126 e. The summed E-state index contributed by atoms with van der Waals surface area (Å²) in [5.74, 6) is 0. The third-order valence-corrected chi connectivity index (χ3v) is 6.52. The van der Waals surface area contributed by atoms with E-state index in [4.69, 9.17) is 33.2 Å². The SMILES string of the molecule is Cl[Si](Cl)(Cl)C1CCC=CCCC1. The van der Waals surface area contributed by atoms with Crippen LogP contribution in [0.4, 0.5) is 0 Å². The van der Waals surface area contributed by atoms with E-state index in [2.05, 4.69) is 12.2 Å². The summed E-state index contributed by atoms with van der Waals surface area (Å²) in [7, 11) is 0. The van der Waals surface area contributed by atoms with E-state index in [1.165, 1.54) is 6.42 Å². The van der Waals surface area contributed by atoms with Crippen molar-refractivity contribution < 1.29 is 0 Å². The molecule has 1 rings (SSSR count). The molecule has 0 fully saturated rings. The van der Waals surface area contributed by atoms with Crippen LogP contribution in [0.5, 0.6) is 0 Å². The van der Waals surface area contributed by atoms with Crippen LogP contribution in [0, 0.1) is 0 Å². The van der Waals surface area contributed by atoms with Crippen molar-refractivity contribution in [2.24, 2.45) is 0 Å². The zero-order valence-corrected chi connectivity index (χ0v) is 10.2. The standard InChI is InChI=1S/C8H13Cl3Si/c9-12(10,11)8-6-4-2-1-3-5-7-8/h1-2,8H,3-7H2. The van der Waals surface area contributed by atoms with Gasteiger partial charge in [-0.05, 0) is 37.6 Å². The van der Waals surface area contributed by atoms with E-state index in [9.17, 15) is 0 Å². The van der Waals surface area contributed by atoms with E-state index in [1.54, 1.807) is 0 Å². The van der Waals surface area contributed by atoms with Crippen LogP contribution in [-0.2, 0) is 0 Å². The minimum Gasteiger partial charge on any atom is -0.126 e. The number of hydrogen-bond donors (Lipinski definition) is 0. The molecule has 1 atom stereocenters. The minimum absolute atomic E-state index is 0.368. The van der Waals surface area contributed by atoms with E-state index >= 15 is 0 Å². The molecule has 0 N–H and O–H groups in total. The predicted octanol–water partition coefficient (Wildman–Crippen LogP) is 4.53. The first-order chi connectivity index (χ1) is 5.61. The molecule has 0 nitrogen and oxygen atoms in total. The van der Waals surface area contributed by atoms with Crippen LogP contribution in [0.2, 0.25) is 5.54 Å². The second kappa shape index (κ2) is 4.90. The fourth-order valence-corrected chi connectivity index (χ4v) is 4.48. The van der Waals surface area contributed by atoms with Gasteiger partial charge in [0.25, 0.3) is 0 Å². The highest BCUT2D eigenvalue weighted by atomic mass is 35.8. The number of hydrogen-bond acceptors (Lipinski definition) is 0. The molecule has 0 heterocycles. The van der Waals surface area contributed by atoms with Crippen molar-refractivity contribution in [3.05, 3.63) is 12.2 Å². The fourth-order valence-electron chi connectivity index (χ4n) is 1.49. The summed E-state index contributed by atoms with van der Waals surface area (Å²) in [6.07, 6.45) is 9.97. The van der Waals surface area contributed by atoms with Crippen LogP contribution in [0.25, 0.3) is 0 Å². The summed E-state index contributed by atoms with van der Waals surface area (Å²) in [5, 5.41) is 0. The van der Waals surface area contributed by atoms with E-state index in [0.29, 0.717) is 5.54 Å². The van der Waals surface area contributed by atoms with Crippen LogP contribution in [0.3, 0.4) is 0 Å². The Morgan fingerprint density at radius 1 is 1.00 bits per heavy atom. The van der Waals surface area contributed by atoms with Gasteiger partial charge in [0.15, 0.2) is 0 Å². The van der Waals surface area contributed by atoms with Crippen molar-refractivity contribution in [1.82, 2.24) is 0 Å². The summed E-state index contributed by atoms with van der Waals surface area (Å²) in [5.41, 5.74) is 0.368. The lowest BCUT2D eigenvalue weighted by Gasteiger charge is -2.22. The Morgan fingerprint density at radius 2 is 1.67 bits per heavy atom. The Morgan fingerprint density at radius 3 is 2.33 bits per heavy atom. The monoisotopic (exact) mass is 242 g/mol. The molecule has 4 heteroatoms. The zero-order chi connectivity index (χ0) is 9.03. The molecule has 12 heavy (non-hydrogen) atoms. The third-order valence-electron chi connectivity index (χ3n) is 2.23. The van der Waals surface area contributed by atoms with Gasteiger partial charge in [-0.2, -0.15) is 0 Å². The third kappa shape index (κ3) is 3.69. The van der Waals surface area contributed by atoms with Crippen LogP contribution in [0.1, 0.15) is 32.1 Å². The minimum atomic E-state index is -2.43. The zero-order valence-electron chi connectivity index (χ0n) is 6.90. The molecule has 0 aromatic carbocycles. The lowest BCUT2D eigenvalue weighted by Crippen LogP contribution is -2.20. The van der Waals surface area contributed by atoms with Gasteiger partial charge in [0.1, 0.15) is 0 Å². The van der Waals surface area contributed by atoms with Gasteiger partial charge in [-0.3, -0.25) is 0 Å². The number of allylic oxidation sites excluding steroid dienone is 2. The molecule has 0 aliphatic heterocycles. The molecule has 0 aromatic heterocycles. The molecular weight excluding hydrogens is 231 g/mol. The molecule has 0 bridgehead atoms.